The van der Waals surface area contributed by atoms with Crippen molar-refractivity contribution >= 4 is 11.9 Å². The molecule has 2 aliphatic heterocycles. The largest absolute Gasteiger partial charge is 0.467 e. The van der Waals surface area contributed by atoms with E-state index < -0.39 is 6.04 Å². The number of ether oxygens (including phenoxy) is 2. The SMILES string of the molecule is COC(=O)C1CCCN1C(=O)[C@H]1CCCO1. The molecule has 0 aromatic carbocycles. The van der Waals surface area contributed by atoms with Gasteiger partial charge in [-0.3, -0.25) is 4.79 Å². The molecule has 2 fully saturated rings. The molecule has 0 N–H and O–H groups in total. The van der Waals surface area contributed by atoms with Gasteiger partial charge in [0.2, 0.25) is 0 Å². The highest BCUT2D eigenvalue weighted by Gasteiger charge is 2.38. The van der Waals surface area contributed by atoms with Gasteiger partial charge in [-0.15, -0.1) is 0 Å². The summed E-state index contributed by atoms with van der Waals surface area (Å²) in [6.45, 7) is 1.28. The number of carbonyl (C=O) groups excluding carboxylic acids is 2. The molecule has 5 heteroatoms. The van der Waals surface area contributed by atoms with Gasteiger partial charge in [0, 0.05) is 13.2 Å². The lowest BCUT2D eigenvalue weighted by Crippen LogP contribution is -2.45. The fourth-order valence-electron chi connectivity index (χ4n) is 2.37. The van der Waals surface area contributed by atoms with Crippen LogP contribution in [0.25, 0.3) is 0 Å². The molecule has 0 aromatic heterocycles. The summed E-state index contributed by atoms with van der Waals surface area (Å²) >= 11 is 0. The Hall–Kier alpha value is -1.10. The highest BCUT2D eigenvalue weighted by Crippen LogP contribution is 2.23. The van der Waals surface area contributed by atoms with Crippen molar-refractivity contribution in [3.8, 4) is 0 Å². The van der Waals surface area contributed by atoms with Crippen LogP contribution < -0.4 is 0 Å². The van der Waals surface area contributed by atoms with E-state index in [0.29, 0.717) is 19.6 Å². The second-order valence-electron chi connectivity index (χ2n) is 4.21. The van der Waals surface area contributed by atoms with Crippen LogP contribution in [-0.4, -0.2) is 49.2 Å². The monoisotopic (exact) mass is 227 g/mol. The van der Waals surface area contributed by atoms with E-state index in [0.717, 1.165) is 19.3 Å². The second kappa shape index (κ2) is 4.82. The Labute approximate surface area is 94.7 Å². The first-order chi connectivity index (χ1) is 7.74. The normalized spacial score (nSPS) is 29.4. The van der Waals surface area contributed by atoms with E-state index in [2.05, 4.69) is 0 Å². The third kappa shape index (κ3) is 2.04. The Morgan fingerprint density at radius 2 is 2.12 bits per heavy atom. The van der Waals surface area contributed by atoms with Crippen molar-refractivity contribution in [2.45, 2.75) is 37.8 Å². The van der Waals surface area contributed by atoms with E-state index >= 15 is 0 Å². The van der Waals surface area contributed by atoms with Gasteiger partial charge in [-0.05, 0) is 25.7 Å². The van der Waals surface area contributed by atoms with Crippen LogP contribution in [-0.2, 0) is 19.1 Å². The Balaban J connectivity index is 2.01. The zero-order valence-electron chi connectivity index (χ0n) is 9.48. The van der Waals surface area contributed by atoms with E-state index in [9.17, 15) is 9.59 Å². The molecule has 2 atom stereocenters. The maximum atomic E-state index is 12.1. The minimum Gasteiger partial charge on any atom is -0.467 e. The van der Waals surface area contributed by atoms with Crippen LogP contribution in [0.2, 0.25) is 0 Å². The molecule has 2 saturated heterocycles. The van der Waals surface area contributed by atoms with Gasteiger partial charge >= 0.3 is 5.97 Å². The molecule has 0 aromatic rings. The van der Waals surface area contributed by atoms with E-state index in [1.807, 2.05) is 0 Å². The zero-order valence-corrected chi connectivity index (χ0v) is 9.48. The number of nitrogens with zero attached hydrogens (tertiary/aromatic N) is 1. The molecule has 0 radical (unpaired) electrons. The molecule has 1 unspecified atom stereocenters. The maximum absolute atomic E-state index is 12.1. The van der Waals surface area contributed by atoms with Crippen molar-refractivity contribution in [2.24, 2.45) is 0 Å². The van der Waals surface area contributed by atoms with E-state index in [1.165, 1.54) is 7.11 Å². The van der Waals surface area contributed by atoms with Crippen molar-refractivity contribution < 1.29 is 19.1 Å². The predicted octanol–water partition coefficient (Wildman–Crippen LogP) is 0.329. The average molecular weight is 227 g/mol. The number of hydrogen-bond acceptors (Lipinski definition) is 4. The summed E-state index contributed by atoms with van der Waals surface area (Å²) in [4.78, 5) is 25.2. The molecule has 90 valence electrons. The molecule has 16 heavy (non-hydrogen) atoms. The van der Waals surface area contributed by atoms with E-state index in [4.69, 9.17) is 9.47 Å². The third-order valence-electron chi connectivity index (χ3n) is 3.21. The molecule has 0 aliphatic carbocycles. The number of methoxy groups -OCH3 is 1. The van der Waals surface area contributed by atoms with Crippen molar-refractivity contribution in [1.29, 1.82) is 0 Å². The molecule has 0 bridgehead atoms. The standard InChI is InChI=1S/C11H17NO4/c1-15-11(14)8-4-2-6-12(8)10(13)9-5-3-7-16-9/h8-9H,2-7H2,1H3/t8?,9-/m1/s1. The Kier molecular flexibility index (Phi) is 3.43. The number of hydrogen-bond donors (Lipinski definition) is 0. The van der Waals surface area contributed by atoms with Crippen LogP contribution in [0.5, 0.6) is 0 Å². The number of esters is 1. The fraction of sp³-hybridized carbons (Fsp3) is 0.818. The minimum absolute atomic E-state index is 0.0506. The molecule has 5 nitrogen and oxygen atoms in total. The Morgan fingerprint density at radius 1 is 1.31 bits per heavy atom. The first kappa shape index (κ1) is 11.4. The first-order valence-electron chi connectivity index (χ1n) is 5.74. The summed E-state index contributed by atoms with van der Waals surface area (Å²) in [7, 11) is 1.36. The smallest absolute Gasteiger partial charge is 0.328 e. The topological polar surface area (TPSA) is 55.8 Å². The van der Waals surface area contributed by atoms with E-state index in [-0.39, 0.29) is 18.0 Å². The highest BCUT2D eigenvalue weighted by molar-refractivity contribution is 5.87. The molecule has 2 heterocycles. The summed E-state index contributed by atoms with van der Waals surface area (Å²) in [5, 5.41) is 0. The van der Waals surface area contributed by atoms with Gasteiger partial charge in [0.05, 0.1) is 7.11 Å². The average Bonchev–Trinajstić information content (AvgIpc) is 2.97. The van der Waals surface area contributed by atoms with Gasteiger partial charge in [-0.2, -0.15) is 0 Å². The van der Waals surface area contributed by atoms with Crippen molar-refractivity contribution in [3.05, 3.63) is 0 Å². The Morgan fingerprint density at radius 3 is 2.75 bits per heavy atom. The fourth-order valence-corrected chi connectivity index (χ4v) is 2.37. The summed E-state index contributed by atoms with van der Waals surface area (Å²) in [6.07, 6.45) is 2.91. The molecule has 1 amide bonds. The van der Waals surface area contributed by atoms with Gasteiger partial charge in [-0.1, -0.05) is 0 Å². The van der Waals surface area contributed by atoms with Crippen LogP contribution in [0.4, 0.5) is 0 Å². The summed E-state index contributed by atoms with van der Waals surface area (Å²) in [5.41, 5.74) is 0. The lowest BCUT2D eigenvalue weighted by Gasteiger charge is -2.25. The van der Waals surface area contributed by atoms with Crippen LogP contribution in [0.1, 0.15) is 25.7 Å². The highest BCUT2D eigenvalue weighted by atomic mass is 16.5. The number of likely N-dealkylation sites (tertiary alicyclic amines) is 1. The molecular formula is C11H17NO4. The number of carbonyl (C=O) groups is 2. The third-order valence-corrected chi connectivity index (χ3v) is 3.21. The van der Waals surface area contributed by atoms with Gasteiger partial charge in [-0.25, -0.2) is 4.79 Å². The first-order valence-corrected chi connectivity index (χ1v) is 5.74. The number of rotatable bonds is 2. The quantitative estimate of drug-likeness (QED) is 0.638. The molecule has 0 spiro atoms. The Bertz CT molecular complexity index is 286. The van der Waals surface area contributed by atoms with Gasteiger partial charge in [0.15, 0.2) is 0 Å². The van der Waals surface area contributed by atoms with Crippen molar-refractivity contribution in [3.63, 3.8) is 0 Å². The zero-order chi connectivity index (χ0) is 11.5. The molecule has 2 aliphatic rings. The van der Waals surface area contributed by atoms with Crippen LogP contribution in [0, 0.1) is 0 Å². The summed E-state index contributed by atoms with van der Waals surface area (Å²) in [5.74, 6) is -0.366. The minimum atomic E-state index is -0.401. The van der Waals surface area contributed by atoms with Gasteiger partial charge < -0.3 is 14.4 Å². The summed E-state index contributed by atoms with van der Waals surface area (Å²) in [6, 6.07) is -0.401. The number of amides is 1. The lowest BCUT2D eigenvalue weighted by atomic mass is 10.2. The van der Waals surface area contributed by atoms with Gasteiger partial charge in [0.25, 0.3) is 5.91 Å². The maximum Gasteiger partial charge on any atom is 0.328 e. The van der Waals surface area contributed by atoms with Crippen LogP contribution >= 0.6 is 0 Å². The molecule has 0 saturated carbocycles. The van der Waals surface area contributed by atoms with Crippen molar-refractivity contribution in [1.82, 2.24) is 4.90 Å². The lowest BCUT2D eigenvalue weighted by molar-refractivity contribution is -0.154. The predicted molar refractivity (Wildman–Crippen MR) is 55.7 cm³/mol. The summed E-state index contributed by atoms with van der Waals surface area (Å²) < 4.78 is 10.0. The van der Waals surface area contributed by atoms with Crippen LogP contribution in [0.15, 0.2) is 0 Å². The van der Waals surface area contributed by atoms with Crippen LogP contribution in [0.3, 0.4) is 0 Å². The molecular weight excluding hydrogens is 210 g/mol. The van der Waals surface area contributed by atoms with Crippen molar-refractivity contribution in [2.75, 3.05) is 20.3 Å². The molecule has 2 rings (SSSR count). The van der Waals surface area contributed by atoms with E-state index in [1.54, 1.807) is 4.90 Å². The second-order valence-corrected chi connectivity index (χ2v) is 4.21. The van der Waals surface area contributed by atoms with Gasteiger partial charge in [0.1, 0.15) is 12.1 Å².